The van der Waals surface area contributed by atoms with Crippen molar-refractivity contribution in [1.82, 2.24) is 5.32 Å². The fourth-order valence-electron chi connectivity index (χ4n) is 3.44. The first-order chi connectivity index (χ1) is 17.4. The van der Waals surface area contributed by atoms with Gasteiger partial charge in [-0.2, -0.15) is 0 Å². The van der Waals surface area contributed by atoms with Crippen LogP contribution in [0.4, 0.5) is 11.4 Å². The van der Waals surface area contributed by atoms with Gasteiger partial charge in [-0.3, -0.25) is 14.4 Å². The molecule has 0 spiro atoms. The number of carbonyl (C=O) groups is 3. The van der Waals surface area contributed by atoms with E-state index in [2.05, 4.69) is 10.6 Å². The highest BCUT2D eigenvalue weighted by Crippen LogP contribution is 2.17. The molecule has 0 aliphatic heterocycles. The first kappa shape index (κ1) is 26.6. The number of ether oxygens (including phenoxy) is 1. The highest BCUT2D eigenvalue weighted by atomic mass is 32.1. The monoisotopic (exact) mass is 503 g/mol. The van der Waals surface area contributed by atoms with Crippen molar-refractivity contribution in [3.63, 3.8) is 0 Å². The molecule has 2 N–H and O–H groups in total. The average molecular weight is 504 g/mol. The van der Waals surface area contributed by atoms with Gasteiger partial charge in [-0.1, -0.05) is 54.6 Å². The molecule has 7 nitrogen and oxygen atoms in total. The molecule has 0 heterocycles. The van der Waals surface area contributed by atoms with E-state index in [9.17, 15) is 14.4 Å². The third-order valence-corrected chi connectivity index (χ3v) is 5.54. The van der Waals surface area contributed by atoms with Crippen LogP contribution in [0.1, 0.15) is 35.2 Å². The Balaban J connectivity index is 1.39. The summed E-state index contributed by atoms with van der Waals surface area (Å²) < 4.78 is 5.20. The number of rotatable bonds is 10. The van der Waals surface area contributed by atoms with Crippen molar-refractivity contribution in [3.8, 4) is 0 Å². The Morgan fingerprint density at radius 3 is 2.31 bits per heavy atom. The Morgan fingerprint density at radius 1 is 0.889 bits per heavy atom. The molecule has 0 radical (unpaired) electrons. The quantitative estimate of drug-likeness (QED) is 0.236. The summed E-state index contributed by atoms with van der Waals surface area (Å²) in [5.74, 6) is -1.00. The molecule has 36 heavy (non-hydrogen) atoms. The van der Waals surface area contributed by atoms with Gasteiger partial charge in [-0.25, -0.2) is 0 Å². The summed E-state index contributed by atoms with van der Waals surface area (Å²) in [5.41, 5.74) is 2.99. The molecule has 3 aromatic carbocycles. The molecule has 0 bridgehead atoms. The van der Waals surface area contributed by atoms with Gasteiger partial charge < -0.3 is 20.3 Å². The second-order valence-corrected chi connectivity index (χ2v) is 8.50. The lowest BCUT2D eigenvalue weighted by Crippen LogP contribution is -2.34. The van der Waals surface area contributed by atoms with E-state index in [4.69, 9.17) is 17.0 Å². The molecule has 8 heteroatoms. The second kappa shape index (κ2) is 13.7. The smallest absolute Gasteiger partial charge is 0.306 e. The van der Waals surface area contributed by atoms with Crippen LogP contribution in [0.25, 0.3) is 0 Å². The van der Waals surface area contributed by atoms with Crippen molar-refractivity contribution in [2.24, 2.45) is 0 Å². The SMILES string of the molecule is CN(C(=O)c1cccc(NC(=S)NC(=O)CCC(=O)OCCCc2ccccc2)c1)c1ccccc1. The normalized spacial score (nSPS) is 10.2. The Bertz CT molecular complexity index is 1190. The highest BCUT2D eigenvalue weighted by molar-refractivity contribution is 7.80. The Morgan fingerprint density at radius 2 is 1.58 bits per heavy atom. The topological polar surface area (TPSA) is 87.7 Å². The van der Waals surface area contributed by atoms with E-state index < -0.39 is 11.9 Å². The molecule has 0 atom stereocenters. The number of para-hydroxylation sites is 1. The van der Waals surface area contributed by atoms with Crippen LogP contribution in [-0.4, -0.2) is 36.6 Å². The molecule has 0 aliphatic rings. The predicted molar refractivity (Wildman–Crippen MR) is 145 cm³/mol. The highest BCUT2D eigenvalue weighted by Gasteiger charge is 2.14. The van der Waals surface area contributed by atoms with Crippen molar-refractivity contribution < 1.29 is 19.1 Å². The molecule has 0 saturated heterocycles. The number of aryl methyl sites for hydroxylation is 1. The van der Waals surface area contributed by atoms with Gasteiger partial charge >= 0.3 is 5.97 Å². The molecule has 186 valence electrons. The fraction of sp³-hybridized carbons (Fsp3) is 0.214. The lowest BCUT2D eigenvalue weighted by molar-refractivity contribution is -0.145. The molecule has 3 aromatic rings. The maximum absolute atomic E-state index is 12.8. The van der Waals surface area contributed by atoms with Crippen LogP contribution in [0.5, 0.6) is 0 Å². The predicted octanol–water partition coefficient (Wildman–Crippen LogP) is 4.73. The number of hydrogen-bond donors (Lipinski definition) is 2. The van der Waals surface area contributed by atoms with E-state index in [1.807, 2.05) is 60.7 Å². The number of hydrogen-bond acceptors (Lipinski definition) is 5. The van der Waals surface area contributed by atoms with E-state index in [0.29, 0.717) is 17.9 Å². The molecule has 0 aromatic heterocycles. The molecular weight excluding hydrogens is 474 g/mol. The van der Waals surface area contributed by atoms with Crippen molar-refractivity contribution in [2.45, 2.75) is 25.7 Å². The number of esters is 1. The number of anilines is 2. The number of benzene rings is 3. The summed E-state index contributed by atoms with van der Waals surface area (Å²) in [4.78, 5) is 38.5. The van der Waals surface area contributed by atoms with Crippen molar-refractivity contribution >= 4 is 46.5 Å². The van der Waals surface area contributed by atoms with Gasteiger partial charge in [0, 0.05) is 30.4 Å². The summed E-state index contributed by atoms with van der Waals surface area (Å²) in [6, 6.07) is 26.1. The molecule has 0 unspecified atom stereocenters. The lowest BCUT2D eigenvalue weighted by Gasteiger charge is -2.18. The minimum atomic E-state index is -0.425. The minimum Gasteiger partial charge on any atom is -0.466 e. The van der Waals surface area contributed by atoms with Crippen LogP contribution in [-0.2, 0) is 20.7 Å². The average Bonchev–Trinajstić information content (AvgIpc) is 2.90. The van der Waals surface area contributed by atoms with Crippen LogP contribution in [0, 0.1) is 0 Å². The number of amides is 2. The summed E-state index contributed by atoms with van der Waals surface area (Å²) in [6.07, 6.45) is 1.47. The number of thiocarbonyl (C=S) groups is 1. The first-order valence-corrected chi connectivity index (χ1v) is 12.1. The lowest BCUT2D eigenvalue weighted by atomic mass is 10.1. The van der Waals surface area contributed by atoms with Gasteiger partial charge in [0.05, 0.1) is 13.0 Å². The van der Waals surface area contributed by atoms with Gasteiger partial charge in [-0.15, -0.1) is 0 Å². The minimum absolute atomic E-state index is 0.0322. The van der Waals surface area contributed by atoms with E-state index in [1.165, 1.54) is 5.56 Å². The van der Waals surface area contributed by atoms with Crippen LogP contribution >= 0.6 is 12.2 Å². The van der Waals surface area contributed by atoms with Gasteiger partial charge in [-0.05, 0) is 61.0 Å². The fourth-order valence-corrected chi connectivity index (χ4v) is 3.67. The zero-order valence-electron chi connectivity index (χ0n) is 20.1. The Kier molecular flexibility index (Phi) is 10.1. The largest absolute Gasteiger partial charge is 0.466 e. The molecule has 3 rings (SSSR count). The third kappa shape index (κ3) is 8.63. The number of nitrogens with one attached hydrogen (secondary N) is 2. The van der Waals surface area contributed by atoms with E-state index in [-0.39, 0.29) is 23.9 Å². The van der Waals surface area contributed by atoms with Crippen molar-refractivity contribution in [1.29, 1.82) is 0 Å². The zero-order chi connectivity index (χ0) is 25.8. The third-order valence-electron chi connectivity index (χ3n) is 5.34. The van der Waals surface area contributed by atoms with Crippen LogP contribution in [0.15, 0.2) is 84.9 Å². The van der Waals surface area contributed by atoms with Crippen LogP contribution in [0.3, 0.4) is 0 Å². The first-order valence-electron chi connectivity index (χ1n) is 11.7. The second-order valence-electron chi connectivity index (χ2n) is 8.09. The number of nitrogens with zero attached hydrogens (tertiary/aromatic N) is 1. The maximum Gasteiger partial charge on any atom is 0.306 e. The maximum atomic E-state index is 12.8. The Hall–Kier alpha value is -4.04. The summed E-state index contributed by atoms with van der Waals surface area (Å²) in [7, 11) is 1.71. The van der Waals surface area contributed by atoms with E-state index in [0.717, 1.165) is 18.5 Å². The summed E-state index contributed by atoms with van der Waals surface area (Å²) >= 11 is 5.21. The summed E-state index contributed by atoms with van der Waals surface area (Å²) in [5, 5.41) is 5.53. The zero-order valence-corrected chi connectivity index (χ0v) is 20.9. The van der Waals surface area contributed by atoms with Gasteiger partial charge in [0.2, 0.25) is 5.91 Å². The molecule has 2 amide bonds. The van der Waals surface area contributed by atoms with E-state index in [1.54, 1.807) is 36.2 Å². The number of carbonyl (C=O) groups excluding carboxylic acids is 3. The van der Waals surface area contributed by atoms with Crippen LogP contribution < -0.4 is 15.5 Å². The van der Waals surface area contributed by atoms with Crippen molar-refractivity contribution in [3.05, 3.63) is 96.1 Å². The van der Waals surface area contributed by atoms with Gasteiger partial charge in [0.15, 0.2) is 5.11 Å². The Labute approximate surface area is 216 Å². The van der Waals surface area contributed by atoms with Crippen molar-refractivity contribution in [2.75, 3.05) is 23.9 Å². The van der Waals surface area contributed by atoms with Crippen LogP contribution in [0.2, 0.25) is 0 Å². The van der Waals surface area contributed by atoms with Gasteiger partial charge in [0.1, 0.15) is 0 Å². The molecule has 0 aliphatic carbocycles. The summed E-state index contributed by atoms with van der Waals surface area (Å²) in [6.45, 7) is 0.309. The molecule has 0 fully saturated rings. The standard InChI is InChI=1S/C28H29N3O4S/c1-31(24-15-6-3-7-16-24)27(34)22-13-8-14-23(20-22)29-28(36)30-25(32)17-18-26(33)35-19-9-12-21-10-4-2-5-11-21/h2-8,10-11,13-16,20H,9,12,17-19H2,1H3,(H2,29,30,32,36). The van der Waals surface area contributed by atoms with Gasteiger partial charge in [0.25, 0.3) is 5.91 Å². The molecular formula is C28H29N3O4S. The van der Waals surface area contributed by atoms with E-state index >= 15 is 0 Å². The molecule has 0 saturated carbocycles.